The van der Waals surface area contributed by atoms with Gasteiger partial charge in [0.25, 0.3) is 19.4 Å². The van der Waals surface area contributed by atoms with Gasteiger partial charge in [0.05, 0.1) is 22.8 Å². The Morgan fingerprint density at radius 2 is 1.13 bits per heavy atom. The first-order valence-corrected chi connectivity index (χ1v) is 14.3. The molecule has 0 unspecified atom stereocenters. The number of aromatic nitrogens is 6. The zero-order valence-electron chi connectivity index (χ0n) is 26.1. The van der Waals surface area contributed by atoms with Crippen LogP contribution in [0.2, 0.25) is 0 Å². The van der Waals surface area contributed by atoms with Gasteiger partial charge < -0.3 is 24.4 Å². The van der Waals surface area contributed by atoms with Crippen LogP contribution >= 0.6 is 0 Å². The van der Waals surface area contributed by atoms with Crippen molar-refractivity contribution in [2.45, 2.75) is 12.4 Å². The molecule has 0 saturated carbocycles. The fourth-order valence-electron chi connectivity index (χ4n) is 4.33. The molecule has 0 spiro atoms. The van der Waals surface area contributed by atoms with Gasteiger partial charge in [-0.15, -0.1) is 29.8 Å². The van der Waals surface area contributed by atoms with Gasteiger partial charge in [-0.05, 0) is 35.5 Å². The standard InChI is InChI=1S/C18H11N3O6.C16H7F6N3.Ru/c22-9-25-12-1-3-19-15(5-12)17-7-14(27-11-24)8-18(21-17)16-6-13(26-10-23)2-4-20-16;17-15(18,19)10-4-1-3-9(7-10)11-5-2-6-12(23-11)13-8-14(25-24-13)16(20,21)22;/h1-11H;1-2,4-8H;/q;-2;+2. The monoisotopic (exact) mass is 822 g/mol. The van der Waals surface area contributed by atoms with Gasteiger partial charge in [-0.25, -0.2) is 4.98 Å². The Morgan fingerprint density at radius 3 is 1.66 bits per heavy atom. The first-order valence-electron chi connectivity index (χ1n) is 14.3. The Bertz CT molecular complexity index is 2140. The largest absolute Gasteiger partial charge is 2.00 e. The number of ether oxygens (including phenoxy) is 3. The van der Waals surface area contributed by atoms with Crippen LogP contribution in [0.15, 0.2) is 91.3 Å². The molecular formula is C34H18F6N6O6Ru. The van der Waals surface area contributed by atoms with E-state index in [1.165, 1.54) is 67.0 Å². The van der Waals surface area contributed by atoms with E-state index in [1.54, 1.807) is 0 Å². The van der Waals surface area contributed by atoms with Crippen molar-refractivity contribution in [1.29, 1.82) is 0 Å². The van der Waals surface area contributed by atoms with Crippen LogP contribution in [0.1, 0.15) is 11.3 Å². The third kappa shape index (κ3) is 10.4. The molecule has 0 radical (unpaired) electrons. The third-order valence-electron chi connectivity index (χ3n) is 6.58. The topological polar surface area (TPSA) is 157 Å². The molecule has 19 heteroatoms. The molecule has 0 bridgehead atoms. The van der Waals surface area contributed by atoms with E-state index in [0.717, 1.165) is 24.3 Å². The van der Waals surface area contributed by atoms with Crippen molar-refractivity contribution in [1.82, 2.24) is 30.1 Å². The minimum Gasteiger partial charge on any atom is -0.573 e. The van der Waals surface area contributed by atoms with Crippen molar-refractivity contribution in [3.05, 3.63) is 109 Å². The second-order valence-electron chi connectivity index (χ2n) is 9.98. The van der Waals surface area contributed by atoms with Crippen LogP contribution in [-0.4, -0.2) is 44.5 Å². The van der Waals surface area contributed by atoms with Crippen molar-refractivity contribution in [2.75, 3.05) is 0 Å². The number of carbonyl (C=O) groups excluding carboxylic acids is 3. The summed E-state index contributed by atoms with van der Waals surface area (Å²) in [5, 5.41) is 6.46. The summed E-state index contributed by atoms with van der Waals surface area (Å²) in [5.74, 6) is 0.760. The van der Waals surface area contributed by atoms with Gasteiger partial charge in [-0.3, -0.25) is 29.3 Å². The Hall–Kier alpha value is -6.36. The quantitative estimate of drug-likeness (QED) is 0.0648. The number of hydrogen-bond donors (Lipinski definition) is 0. The van der Waals surface area contributed by atoms with Crippen LogP contribution < -0.4 is 19.3 Å². The van der Waals surface area contributed by atoms with Crippen LogP contribution in [0.5, 0.6) is 17.2 Å². The maximum absolute atomic E-state index is 12.8. The second-order valence-corrected chi connectivity index (χ2v) is 9.98. The Kier molecular flexibility index (Phi) is 12.8. The molecule has 0 aliphatic heterocycles. The van der Waals surface area contributed by atoms with Crippen molar-refractivity contribution >= 4 is 19.4 Å². The number of benzene rings is 1. The third-order valence-corrected chi connectivity index (χ3v) is 6.58. The molecule has 0 fully saturated rings. The molecule has 270 valence electrons. The normalized spacial score (nSPS) is 10.9. The van der Waals surface area contributed by atoms with E-state index in [0.29, 0.717) is 35.7 Å². The maximum atomic E-state index is 12.8. The first-order chi connectivity index (χ1) is 24.9. The summed E-state index contributed by atoms with van der Waals surface area (Å²) in [7, 11) is 0. The molecular weight excluding hydrogens is 803 g/mol. The summed E-state index contributed by atoms with van der Waals surface area (Å²) in [6.45, 7) is 0.875. The number of carbonyl (C=O) groups is 3. The molecule has 12 nitrogen and oxygen atoms in total. The summed E-state index contributed by atoms with van der Waals surface area (Å²) in [6, 6.07) is 19.5. The molecule has 1 aromatic carbocycles. The summed E-state index contributed by atoms with van der Waals surface area (Å²) >= 11 is 0. The molecule has 6 rings (SSSR count). The maximum Gasteiger partial charge on any atom is 2.00 e. The van der Waals surface area contributed by atoms with Crippen molar-refractivity contribution in [3.8, 4) is 62.7 Å². The van der Waals surface area contributed by atoms with E-state index in [9.17, 15) is 40.7 Å². The van der Waals surface area contributed by atoms with Crippen LogP contribution in [0.4, 0.5) is 26.3 Å². The van der Waals surface area contributed by atoms with Gasteiger partial charge in [0.15, 0.2) is 0 Å². The fraction of sp³-hybridized carbons (Fsp3) is 0.0588. The Balaban J connectivity index is 0.000000233. The first kappa shape index (κ1) is 39.4. The molecule has 53 heavy (non-hydrogen) atoms. The van der Waals surface area contributed by atoms with E-state index < -0.39 is 23.6 Å². The zero-order valence-corrected chi connectivity index (χ0v) is 27.9. The molecule has 5 aromatic heterocycles. The number of alkyl halides is 6. The van der Waals surface area contributed by atoms with Gasteiger partial charge in [0.1, 0.15) is 22.9 Å². The summed E-state index contributed by atoms with van der Waals surface area (Å²) in [4.78, 5) is 48.7. The van der Waals surface area contributed by atoms with Crippen molar-refractivity contribution in [3.63, 3.8) is 0 Å². The van der Waals surface area contributed by atoms with Crippen LogP contribution in [0.3, 0.4) is 0 Å². The summed E-state index contributed by atoms with van der Waals surface area (Å²) < 4.78 is 90.6. The molecule has 0 saturated heterocycles. The summed E-state index contributed by atoms with van der Waals surface area (Å²) in [6.07, 6.45) is -6.28. The predicted octanol–water partition coefficient (Wildman–Crippen LogP) is 6.41. The number of nitrogens with zero attached hydrogens (tertiary/aromatic N) is 6. The molecule has 0 amide bonds. The minimum atomic E-state index is -4.64. The smallest absolute Gasteiger partial charge is 0.573 e. The van der Waals surface area contributed by atoms with Crippen LogP contribution in [-0.2, 0) is 46.2 Å². The second kappa shape index (κ2) is 17.2. The molecule has 0 N–H and O–H groups in total. The molecule has 0 atom stereocenters. The molecule has 0 aliphatic carbocycles. The molecule has 6 aromatic rings. The van der Waals surface area contributed by atoms with Crippen molar-refractivity contribution < 1.29 is 74.4 Å². The van der Waals surface area contributed by atoms with Crippen LogP contribution in [0.25, 0.3) is 45.4 Å². The minimum absolute atomic E-state index is 0. The fourth-order valence-corrected chi connectivity index (χ4v) is 4.33. The average molecular weight is 822 g/mol. The molecule has 0 aliphatic rings. The molecule has 5 heterocycles. The van der Waals surface area contributed by atoms with E-state index >= 15 is 0 Å². The average Bonchev–Trinajstić information content (AvgIpc) is 3.64. The van der Waals surface area contributed by atoms with E-state index in [1.807, 2.05) is 0 Å². The number of hydrogen-bond acceptors (Lipinski definition) is 11. The van der Waals surface area contributed by atoms with E-state index in [-0.39, 0.29) is 65.8 Å². The number of rotatable bonds is 10. The zero-order chi connectivity index (χ0) is 37.3. The Morgan fingerprint density at radius 1 is 0.604 bits per heavy atom. The van der Waals surface area contributed by atoms with Crippen LogP contribution in [0, 0.1) is 6.07 Å². The SMILES string of the molecule is FC(F)(F)c1cc[c-]c(-c2cccc(-c3cc(C(F)(F)F)n[n-]3)n2)c1.O=COc1ccnc(-c2cc(OC=O)cc(-c3cc(OC=O)ccn3)n2)c1.[Ru+2]. The summed E-state index contributed by atoms with van der Waals surface area (Å²) in [5.41, 5.74) is -0.450. The predicted molar refractivity (Wildman–Crippen MR) is 166 cm³/mol. The number of halogens is 6. The van der Waals surface area contributed by atoms with Gasteiger partial charge in [-0.2, -0.15) is 26.3 Å². The van der Waals surface area contributed by atoms with Gasteiger partial charge >= 0.3 is 31.8 Å². The van der Waals surface area contributed by atoms with E-state index in [2.05, 4.69) is 36.2 Å². The Labute approximate surface area is 307 Å². The van der Waals surface area contributed by atoms with E-state index in [4.69, 9.17) is 14.2 Å². The van der Waals surface area contributed by atoms with Gasteiger partial charge in [0, 0.05) is 42.4 Å². The number of pyridine rings is 4. The van der Waals surface area contributed by atoms with Gasteiger partial charge in [0.2, 0.25) is 0 Å². The van der Waals surface area contributed by atoms with Crippen molar-refractivity contribution in [2.24, 2.45) is 0 Å². The van der Waals surface area contributed by atoms with Gasteiger partial charge in [-0.1, -0.05) is 17.8 Å².